The zero-order valence-electron chi connectivity index (χ0n) is 13.4. The lowest BCUT2D eigenvalue weighted by Crippen LogP contribution is -1.69. The average Bonchev–Trinajstić information content (AvgIpc) is 2.09. The molecule has 2 N–H and O–H groups in total. The van der Waals surface area contributed by atoms with Gasteiger partial charge in [0, 0.05) is 0 Å². The van der Waals surface area contributed by atoms with Crippen molar-refractivity contribution < 1.29 is 0 Å². The molecular formula is C14H39N. The van der Waals surface area contributed by atoms with Crippen LogP contribution in [0, 0.1) is 11.8 Å². The van der Waals surface area contributed by atoms with Gasteiger partial charge >= 0.3 is 0 Å². The minimum Gasteiger partial charge on any atom is -0.333 e. The predicted octanol–water partition coefficient (Wildman–Crippen LogP) is 5.34. The van der Waals surface area contributed by atoms with E-state index < -0.39 is 0 Å². The maximum atomic E-state index is 4.50. The Morgan fingerprint density at radius 2 is 0.667 bits per heavy atom. The largest absolute Gasteiger partial charge is 0.333 e. The normalized spacial score (nSPS) is 6.80. The topological polar surface area (TPSA) is 26.0 Å². The van der Waals surface area contributed by atoms with Gasteiger partial charge in [-0.3, -0.25) is 0 Å². The van der Waals surface area contributed by atoms with Gasteiger partial charge in [0.15, 0.2) is 0 Å². The lowest BCUT2D eigenvalue weighted by Gasteiger charge is -1.79. The van der Waals surface area contributed by atoms with E-state index in [0.717, 1.165) is 11.8 Å². The smallest absolute Gasteiger partial charge is 0.0195 e. The molecule has 0 aliphatic rings. The Hall–Kier alpha value is -0.0400. The molecule has 0 bridgehead atoms. The van der Waals surface area contributed by atoms with Gasteiger partial charge in [0.25, 0.3) is 0 Å². The first-order valence-electron chi connectivity index (χ1n) is 6.46. The third-order valence-corrected chi connectivity index (χ3v) is 0. The Kier molecular flexibility index (Phi) is 94.8. The highest BCUT2D eigenvalue weighted by Gasteiger charge is 1.68. The molecule has 0 aromatic heterocycles. The Bertz CT molecular complexity index is 29.1. The molecule has 100 valence electrons. The van der Waals surface area contributed by atoms with Crippen LogP contribution in [0.2, 0.25) is 0 Å². The summed E-state index contributed by atoms with van der Waals surface area (Å²) >= 11 is 0. The van der Waals surface area contributed by atoms with E-state index in [-0.39, 0.29) is 0 Å². The van der Waals surface area contributed by atoms with Crippen molar-refractivity contribution >= 4 is 0 Å². The summed E-state index contributed by atoms with van der Waals surface area (Å²) in [7, 11) is 1.50. The minimum atomic E-state index is 0.833. The third kappa shape index (κ3) is 1250000. The van der Waals surface area contributed by atoms with Crippen LogP contribution in [0.15, 0.2) is 0 Å². The van der Waals surface area contributed by atoms with Gasteiger partial charge in [-0.1, -0.05) is 75.7 Å². The molecule has 1 nitrogen and oxygen atoms in total. The zero-order valence-corrected chi connectivity index (χ0v) is 13.4. The van der Waals surface area contributed by atoms with E-state index in [1.54, 1.807) is 0 Å². The van der Waals surface area contributed by atoms with Crippen molar-refractivity contribution in [1.82, 2.24) is 0 Å². The van der Waals surface area contributed by atoms with Gasteiger partial charge in [-0.15, -0.1) is 0 Å². The van der Waals surface area contributed by atoms with Crippen LogP contribution in [0.5, 0.6) is 0 Å². The van der Waals surface area contributed by atoms with Crippen molar-refractivity contribution in [2.24, 2.45) is 17.6 Å². The van der Waals surface area contributed by atoms with Crippen LogP contribution < -0.4 is 5.73 Å². The molecule has 0 aromatic rings. The van der Waals surface area contributed by atoms with Crippen LogP contribution in [0.25, 0.3) is 0 Å². The molecule has 15 heavy (non-hydrogen) atoms. The van der Waals surface area contributed by atoms with Crippen molar-refractivity contribution in [3.63, 3.8) is 0 Å². The number of nitrogens with two attached hydrogens (primary N) is 1. The molecule has 0 rings (SSSR count). The van der Waals surface area contributed by atoms with Gasteiger partial charge < -0.3 is 5.73 Å². The van der Waals surface area contributed by atoms with Crippen molar-refractivity contribution in [3.05, 3.63) is 0 Å². The summed E-state index contributed by atoms with van der Waals surface area (Å²) in [5.74, 6) is 1.67. The molecule has 0 saturated carbocycles. The van der Waals surface area contributed by atoms with E-state index in [1.165, 1.54) is 13.5 Å². The van der Waals surface area contributed by atoms with Crippen LogP contribution >= 0.6 is 0 Å². The lowest BCUT2D eigenvalue weighted by molar-refractivity contribution is 0.736. The van der Waals surface area contributed by atoms with Gasteiger partial charge in [-0.05, 0) is 18.9 Å². The Balaban J connectivity index is -0.0000000289. The van der Waals surface area contributed by atoms with Crippen LogP contribution in [-0.2, 0) is 0 Å². The van der Waals surface area contributed by atoms with Gasteiger partial charge in [0.1, 0.15) is 0 Å². The molecule has 0 aliphatic heterocycles. The summed E-state index contributed by atoms with van der Waals surface area (Å²) in [5, 5.41) is 0. The molecule has 0 aromatic carbocycles. The highest BCUT2D eigenvalue weighted by atomic mass is 14.4. The van der Waals surface area contributed by atoms with Crippen LogP contribution in [0.1, 0.15) is 75.7 Å². The maximum absolute atomic E-state index is 4.50. The summed E-state index contributed by atoms with van der Waals surface area (Å²) in [4.78, 5) is 0. The summed E-state index contributed by atoms with van der Waals surface area (Å²) in [5.41, 5.74) is 4.50. The molecule has 0 unspecified atom stereocenters. The third-order valence-electron chi connectivity index (χ3n) is 0. The maximum Gasteiger partial charge on any atom is -0.0195 e. The Labute approximate surface area is 101 Å². The first kappa shape index (κ1) is 29.4. The van der Waals surface area contributed by atoms with E-state index in [4.69, 9.17) is 0 Å². The number of hydrogen-bond donors (Lipinski definition) is 1. The summed E-state index contributed by atoms with van der Waals surface area (Å²) < 4.78 is 0. The van der Waals surface area contributed by atoms with E-state index in [2.05, 4.69) is 61.1 Å². The first-order chi connectivity index (χ1) is 6.88. The Morgan fingerprint density at radius 1 is 0.667 bits per heavy atom. The quantitative estimate of drug-likeness (QED) is 0.587. The van der Waals surface area contributed by atoms with Crippen LogP contribution in [0.4, 0.5) is 0 Å². The average molecular weight is 221 g/mol. The molecule has 0 fully saturated rings. The monoisotopic (exact) mass is 221 g/mol. The molecule has 0 radical (unpaired) electrons. The fourth-order valence-electron chi connectivity index (χ4n) is 0. The molecule has 0 aliphatic carbocycles. The molecule has 0 atom stereocenters. The second-order valence-electron chi connectivity index (χ2n) is 4.17. The van der Waals surface area contributed by atoms with Crippen molar-refractivity contribution in [2.45, 2.75) is 75.7 Å². The lowest BCUT2D eigenvalue weighted by atomic mass is 10.3. The van der Waals surface area contributed by atoms with E-state index in [0.29, 0.717) is 0 Å². The minimum absolute atomic E-state index is 0.833. The number of hydrogen-bond acceptors (Lipinski definition) is 1. The van der Waals surface area contributed by atoms with Gasteiger partial charge in [-0.2, -0.15) is 0 Å². The van der Waals surface area contributed by atoms with Gasteiger partial charge in [0.2, 0.25) is 0 Å². The standard InChI is InChI=1S/2C4H10.C3H8.C2H6.CH5N/c2*1-4(2)3;1-3-2;2*1-2/h2*4H,1-3H3;3H2,1-2H3;1-2H3;2H2,1H3. The summed E-state index contributed by atoms with van der Waals surface area (Å²) in [6, 6.07) is 0. The Morgan fingerprint density at radius 3 is 0.667 bits per heavy atom. The highest BCUT2D eigenvalue weighted by Crippen LogP contribution is 1.81. The second-order valence-corrected chi connectivity index (χ2v) is 4.17. The highest BCUT2D eigenvalue weighted by molar-refractivity contribution is 4.21. The predicted molar refractivity (Wildman–Crippen MR) is 78.4 cm³/mol. The molecule has 1 heteroatoms. The van der Waals surface area contributed by atoms with Crippen molar-refractivity contribution in [1.29, 1.82) is 0 Å². The summed E-state index contributed by atoms with van der Waals surface area (Å²) in [6.45, 7) is 21.2. The molecule has 0 spiro atoms. The zero-order chi connectivity index (χ0) is 13.9. The molecular weight excluding hydrogens is 182 g/mol. The molecule has 0 amide bonds. The van der Waals surface area contributed by atoms with Crippen molar-refractivity contribution in [3.8, 4) is 0 Å². The number of rotatable bonds is 0. The molecule has 0 saturated heterocycles. The SMILES string of the molecule is CC.CC(C)C.CC(C)C.CCC.CN. The van der Waals surface area contributed by atoms with E-state index >= 15 is 0 Å². The van der Waals surface area contributed by atoms with Crippen LogP contribution in [-0.4, -0.2) is 7.05 Å². The van der Waals surface area contributed by atoms with E-state index in [1.807, 2.05) is 13.8 Å². The summed E-state index contributed by atoms with van der Waals surface area (Å²) in [6.07, 6.45) is 1.25. The van der Waals surface area contributed by atoms with Gasteiger partial charge in [-0.25, -0.2) is 0 Å². The fraction of sp³-hybridized carbons (Fsp3) is 1.00. The van der Waals surface area contributed by atoms with Gasteiger partial charge in [0.05, 0.1) is 0 Å². The van der Waals surface area contributed by atoms with E-state index in [9.17, 15) is 0 Å². The van der Waals surface area contributed by atoms with Crippen LogP contribution in [0.3, 0.4) is 0 Å². The molecule has 0 heterocycles. The van der Waals surface area contributed by atoms with Crippen molar-refractivity contribution in [2.75, 3.05) is 7.05 Å². The fourth-order valence-corrected chi connectivity index (χ4v) is 0. The second kappa shape index (κ2) is 48.4. The first-order valence-corrected chi connectivity index (χ1v) is 6.46.